The molecule has 0 radical (unpaired) electrons. The van der Waals surface area contributed by atoms with Crippen molar-refractivity contribution in [3.8, 4) is 5.69 Å². The zero-order chi connectivity index (χ0) is 18.2. The monoisotopic (exact) mass is 355 g/mol. The fourth-order valence-electron chi connectivity index (χ4n) is 3.74. The highest BCUT2D eigenvalue weighted by molar-refractivity contribution is 6.03. The molecule has 1 aliphatic carbocycles. The molecule has 1 saturated carbocycles. The Labute approximate surface area is 158 Å². The van der Waals surface area contributed by atoms with Gasteiger partial charge >= 0.3 is 0 Å². The Hall–Kier alpha value is -3.14. The lowest BCUT2D eigenvalue weighted by Gasteiger charge is -2.16. The second-order valence-corrected chi connectivity index (χ2v) is 7.20. The second-order valence-electron chi connectivity index (χ2n) is 7.20. The van der Waals surface area contributed by atoms with Gasteiger partial charge in [0.05, 0.1) is 23.6 Å². The third-order valence-corrected chi connectivity index (χ3v) is 5.31. The molecule has 5 rings (SSSR count). The molecule has 1 aliphatic heterocycles. The Kier molecular flexibility index (Phi) is 3.89. The Morgan fingerprint density at radius 1 is 1.00 bits per heavy atom. The second kappa shape index (κ2) is 6.54. The minimum absolute atomic E-state index is 0.0878. The molecule has 0 spiro atoms. The first-order chi connectivity index (χ1) is 13.3. The van der Waals surface area contributed by atoms with Crippen molar-refractivity contribution in [2.45, 2.75) is 18.9 Å². The van der Waals surface area contributed by atoms with E-state index in [1.807, 2.05) is 24.3 Å². The zero-order valence-electron chi connectivity index (χ0n) is 15.0. The number of aromatic nitrogens is 1. The Bertz CT molecular complexity index is 1010. The van der Waals surface area contributed by atoms with Crippen LogP contribution in [0.2, 0.25) is 0 Å². The quantitative estimate of drug-likeness (QED) is 0.758. The van der Waals surface area contributed by atoms with Gasteiger partial charge in [-0.15, -0.1) is 0 Å². The molecule has 134 valence electrons. The molecule has 4 heteroatoms. The number of carbonyl (C=O) groups is 1. The van der Waals surface area contributed by atoms with E-state index in [-0.39, 0.29) is 17.9 Å². The molecule has 2 heterocycles. The molecule has 27 heavy (non-hydrogen) atoms. The van der Waals surface area contributed by atoms with Crippen LogP contribution in [0.25, 0.3) is 5.69 Å². The van der Waals surface area contributed by atoms with Crippen LogP contribution in [0.1, 0.15) is 35.7 Å². The van der Waals surface area contributed by atoms with Gasteiger partial charge in [-0.1, -0.05) is 48.5 Å². The summed E-state index contributed by atoms with van der Waals surface area (Å²) < 4.78 is 2.18. The first kappa shape index (κ1) is 16.1. The maximum Gasteiger partial charge on any atom is 0.223 e. The van der Waals surface area contributed by atoms with E-state index >= 15 is 0 Å². The van der Waals surface area contributed by atoms with Gasteiger partial charge in [0.25, 0.3) is 0 Å². The molecule has 4 nitrogen and oxygen atoms in total. The summed E-state index contributed by atoms with van der Waals surface area (Å²) in [5.41, 5.74) is 5.42. The predicted octanol–water partition coefficient (Wildman–Crippen LogP) is 3.90. The summed E-state index contributed by atoms with van der Waals surface area (Å²) >= 11 is 0. The fourth-order valence-corrected chi connectivity index (χ4v) is 3.74. The van der Waals surface area contributed by atoms with Crippen molar-refractivity contribution < 1.29 is 4.79 Å². The lowest BCUT2D eigenvalue weighted by molar-refractivity contribution is -0.121. The van der Waals surface area contributed by atoms with E-state index in [0.29, 0.717) is 6.54 Å². The highest BCUT2D eigenvalue weighted by Gasteiger charge is 2.30. The van der Waals surface area contributed by atoms with Crippen LogP contribution in [0.4, 0.5) is 0 Å². The van der Waals surface area contributed by atoms with Crippen molar-refractivity contribution >= 4 is 11.6 Å². The molecule has 1 aromatic heterocycles. The van der Waals surface area contributed by atoms with E-state index in [1.54, 1.807) is 0 Å². The number of rotatable bonds is 4. The van der Waals surface area contributed by atoms with Gasteiger partial charge in [0, 0.05) is 17.7 Å². The molecule has 1 amide bonds. The SMILES string of the molecule is O=C(NCC1=NC(c2ccccc2)c2ccccc2-n2cccc21)C1CC1. The normalized spacial score (nSPS) is 18.1. The Morgan fingerprint density at radius 3 is 2.59 bits per heavy atom. The van der Waals surface area contributed by atoms with E-state index in [0.717, 1.165) is 35.5 Å². The highest BCUT2D eigenvalue weighted by atomic mass is 16.2. The van der Waals surface area contributed by atoms with Crippen molar-refractivity contribution in [1.29, 1.82) is 0 Å². The molecule has 1 atom stereocenters. The van der Waals surface area contributed by atoms with Crippen molar-refractivity contribution in [2.75, 3.05) is 6.54 Å². The lowest BCUT2D eigenvalue weighted by Crippen LogP contribution is -2.31. The molecule has 2 aliphatic rings. The summed E-state index contributed by atoms with van der Waals surface area (Å²) in [7, 11) is 0. The molecule has 1 unspecified atom stereocenters. The first-order valence-electron chi connectivity index (χ1n) is 9.47. The van der Waals surface area contributed by atoms with Crippen LogP contribution in [-0.4, -0.2) is 22.7 Å². The van der Waals surface area contributed by atoms with E-state index in [4.69, 9.17) is 4.99 Å². The average molecular weight is 355 g/mol. The number of benzene rings is 2. The summed E-state index contributed by atoms with van der Waals surface area (Å²) in [4.78, 5) is 17.3. The van der Waals surface area contributed by atoms with Crippen LogP contribution >= 0.6 is 0 Å². The van der Waals surface area contributed by atoms with Crippen molar-refractivity contribution in [3.63, 3.8) is 0 Å². The average Bonchev–Trinajstić information content (AvgIpc) is 3.48. The number of aliphatic imine (C=N–C) groups is 1. The molecule has 2 aromatic carbocycles. The number of para-hydroxylation sites is 1. The summed E-state index contributed by atoms with van der Waals surface area (Å²) in [5, 5.41) is 3.09. The van der Waals surface area contributed by atoms with Gasteiger partial charge in [-0.05, 0) is 36.6 Å². The molecular weight excluding hydrogens is 334 g/mol. The van der Waals surface area contributed by atoms with Crippen LogP contribution in [-0.2, 0) is 4.79 Å². The number of fused-ring (bicyclic) bond motifs is 3. The Morgan fingerprint density at radius 2 is 1.78 bits per heavy atom. The highest BCUT2D eigenvalue weighted by Crippen LogP contribution is 2.34. The summed E-state index contributed by atoms with van der Waals surface area (Å²) in [6.45, 7) is 0.455. The number of amides is 1. The maximum absolute atomic E-state index is 12.2. The zero-order valence-corrected chi connectivity index (χ0v) is 15.0. The third kappa shape index (κ3) is 2.97. The molecule has 3 aromatic rings. The van der Waals surface area contributed by atoms with Gasteiger partial charge < -0.3 is 9.88 Å². The van der Waals surface area contributed by atoms with E-state index < -0.39 is 0 Å². The summed E-state index contributed by atoms with van der Waals surface area (Å²) in [6, 6.07) is 22.8. The van der Waals surface area contributed by atoms with Gasteiger partial charge in [-0.3, -0.25) is 9.79 Å². The van der Waals surface area contributed by atoms with E-state index in [9.17, 15) is 4.79 Å². The van der Waals surface area contributed by atoms with Gasteiger partial charge in [0.1, 0.15) is 6.04 Å². The smallest absolute Gasteiger partial charge is 0.223 e. The number of nitrogens with one attached hydrogen (secondary N) is 1. The lowest BCUT2D eigenvalue weighted by atomic mass is 9.98. The van der Waals surface area contributed by atoms with E-state index in [2.05, 4.69) is 58.5 Å². The summed E-state index contributed by atoms with van der Waals surface area (Å²) in [5.74, 6) is 0.346. The van der Waals surface area contributed by atoms with Gasteiger partial charge in [0.2, 0.25) is 5.91 Å². The minimum atomic E-state index is -0.0878. The molecule has 1 fully saturated rings. The minimum Gasteiger partial charge on any atom is -0.350 e. The van der Waals surface area contributed by atoms with Crippen molar-refractivity contribution in [2.24, 2.45) is 10.9 Å². The van der Waals surface area contributed by atoms with Crippen LogP contribution < -0.4 is 5.32 Å². The third-order valence-electron chi connectivity index (χ3n) is 5.31. The van der Waals surface area contributed by atoms with Gasteiger partial charge in [-0.2, -0.15) is 0 Å². The maximum atomic E-state index is 12.2. The Balaban J connectivity index is 1.61. The van der Waals surface area contributed by atoms with E-state index in [1.165, 1.54) is 5.56 Å². The van der Waals surface area contributed by atoms with Crippen molar-refractivity contribution in [1.82, 2.24) is 9.88 Å². The first-order valence-corrected chi connectivity index (χ1v) is 9.47. The molecule has 0 bridgehead atoms. The number of hydrogen-bond acceptors (Lipinski definition) is 2. The number of carbonyl (C=O) groups excluding carboxylic acids is 1. The predicted molar refractivity (Wildman–Crippen MR) is 106 cm³/mol. The largest absolute Gasteiger partial charge is 0.350 e. The van der Waals surface area contributed by atoms with Crippen molar-refractivity contribution in [3.05, 3.63) is 89.7 Å². The van der Waals surface area contributed by atoms with Crippen LogP contribution in [0.15, 0.2) is 77.9 Å². The molecule has 0 saturated heterocycles. The van der Waals surface area contributed by atoms with Crippen LogP contribution in [0, 0.1) is 5.92 Å². The standard InChI is InChI=1S/C23H21N3O/c27-23(17-12-13-17)24-15-19-21-11-6-14-26(21)20-10-5-4-9-18(20)22(25-19)16-7-2-1-3-8-16/h1-11,14,17,22H,12-13,15H2,(H,24,27). The summed E-state index contributed by atoms with van der Waals surface area (Å²) in [6.07, 6.45) is 4.08. The topological polar surface area (TPSA) is 46.4 Å². The van der Waals surface area contributed by atoms with Gasteiger partial charge in [-0.25, -0.2) is 0 Å². The fraction of sp³-hybridized carbons (Fsp3) is 0.217. The number of nitrogens with zero attached hydrogens (tertiary/aromatic N) is 2. The molecular formula is C23H21N3O. The molecule has 1 N–H and O–H groups in total. The van der Waals surface area contributed by atoms with Crippen LogP contribution in [0.3, 0.4) is 0 Å². The van der Waals surface area contributed by atoms with Crippen LogP contribution in [0.5, 0.6) is 0 Å². The van der Waals surface area contributed by atoms with Gasteiger partial charge in [0.15, 0.2) is 0 Å². The number of hydrogen-bond donors (Lipinski definition) is 1.